The van der Waals surface area contributed by atoms with Gasteiger partial charge in [0.1, 0.15) is 12.1 Å². The number of nitrogens with zero attached hydrogens (tertiary/aromatic N) is 1. The number of amides is 3. The molecule has 0 spiro atoms. The summed E-state index contributed by atoms with van der Waals surface area (Å²) in [5, 5.41) is 12.6. The maximum Gasteiger partial charge on any atom is 0.290 e. The summed E-state index contributed by atoms with van der Waals surface area (Å²) >= 11 is 0. The number of carbonyl (C=O) groups is 4. The molecule has 5 N–H and O–H groups in total. The van der Waals surface area contributed by atoms with Crippen LogP contribution in [-0.4, -0.2) is 65.9 Å². The molecule has 0 unspecified atom stereocenters. The molecule has 1 aromatic carbocycles. The molecule has 3 amide bonds. The van der Waals surface area contributed by atoms with Crippen molar-refractivity contribution in [2.75, 3.05) is 19.0 Å². The van der Waals surface area contributed by atoms with Gasteiger partial charge in [0.25, 0.3) is 12.4 Å². The van der Waals surface area contributed by atoms with E-state index in [-0.39, 0.29) is 30.1 Å². The van der Waals surface area contributed by atoms with Crippen LogP contribution in [0.15, 0.2) is 30.3 Å². The van der Waals surface area contributed by atoms with E-state index in [1.54, 1.807) is 18.9 Å². The van der Waals surface area contributed by atoms with Gasteiger partial charge in [-0.25, -0.2) is 0 Å². The molecule has 31 heavy (non-hydrogen) atoms. The number of hydrazine groups is 1. The molecule has 1 fully saturated rings. The van der Waals surface area contributed by atoms with Crippen molar-refractivity contribution in [2.24, 2.45) is 5.92 Å². The van der Waals surface area contributed by atoms with Gasteiger partial charge in [0.15, 0.2) is 0 Å². The van der Waals surface area contributed by atoms with Crippen molar-refractivity contribution in [3.05, 3.63) is 30.3 Å². The Morgan fingerprint density at radius 2 is 1.77 bits per heavy atom. The second-order valence-corrected chi connectivity index (χ2v) is 7.52. The summed E-state index contributed by atoms with van der Waals surface area (Å²) in [5.74, 6) is -0.802. The van der Waals surface area contributed by atoms with Crippen LogP contribution in [0, 0.1) is 5.92 Å². The van der Waals surface area contributed by atoms with Crippen molar-refractivity contribution >= 4 is 29.9 Å². The Bertz CT molecular complexity index is 728. The quantitative estimate of drug-likeness (QED) is 0.297. The molecule has 1 aliphatic rings. The summed E-state index contributed by atoms with van der Waals surface area (Å²) in [6.45, 7) is 5.76. The van der Waals surface area contributed by atoms with E-state index in [2.05, 4.69) is 21.5 Å². The molecule has 3 atom stereocenters. The highest BCUT2D eigenvalue weighted by Gasteiger charge is 2.38. The highest BCUT2D eigenvalue weighted by molar-refractivity contribution is 5.93. The second kappa shape index (κ2) is 13.2. The summed E-state index contributed by atoms with van der Waals surface area (Å²) in [5.41, 5.74) is 6.32. The smallest absolute Gasteiger partial charge is 0.290 e. The number of anilines is 1. The van der Waals surface area contributed by atoms with E-state index in [1.165, 1.54) is 0 Å². The monoisotopic (exact) mass is 435 g/mol. The molecule has 0 aliphatic carbocycles. The lowest BCUT2D eigenvalue weighted by atomic mass is 10.0. The van der Waals surface area contributed by atoms with E-state index in [4.69, 9.17) is 9.90 Å². The molecule has 0 bridgehead atoms. The van der Waals surface area contributed by atoms with Crippen LogP contribution in [0.5, 0.6) is 0 Å². The van der Waals surface area contributed by atoms with Gasteiger partial charge in [0.05, 0.1) is 11.7 Å². The van der Waals surface area contributed by atoms with Crippen LogP contribution in [0.2, 0.25) is 0 Å². The Labute approximate surface area is 182 Å². The topological polar surface area (TPSA) is 140 Å². The number of nitrogens with one attached hydrogen (secondary N) is 4. The predicted octanol–water partition coefficient (Wildman–Crippen LogP) is 0.570. The number of likely N-dealkylation sites (N-methyl/N-ethyl adjacent to an activating group) is 1. The minimum absolute atomic E-state index is 0.0905. The minimum atomic E-state index is -0.668. The third-order valence-electron chi connectivity index (χ3n) is 5.00. The largest absolute Gasteiger partial charge is 0.483 e. The van der Waals surface area contributed by atoms with Gasteiger partial charge in [-0.05, 0) is 44.9 Å². The first kappa shape index (κ1) is 25.9. The van der Waals surface area contributed by atoms with Crippen molar-refractivity contribution in [3.8, 4) is 0 Å². The van der Waals surface area contributed by atoms with Crippen LogP contribution >= 0.6 is 0 Å². The molecule has 10 heteroatoms. The van der Waals surface area contributed by atoms with Gasteiger partial charge in [0, 0.05) is 6.54 Å². The second-order valence-electron chi connectivity index (χ2n) is 7.52. The first-order chi connectivity index (χ1) is 14.8. The fourth-order valence-electron chi connectivity index (χ4n) is 3.14. The number of hydrogen-bond donors (Lipinski definition) is 5. The Balaban J connectivity index is 0.00000151. The van der Waals surface area contributed by atoms with E-state index >= 15 is 0 Å². The third kappa shape index (κ3) is 7.89. The van der Waals surface area contributed by atoms with E-state index in [0.29, 0.717) is 13.0 Å². The first-order valence-corrected chi connectivity index (χ1v) is 10.2. The van der Waals surface area contributed by atoms with Gasteiger partial charge in [-0.15, -0.1) is 0 Å². The summed E-state index contributed by atoms with van der Waals surface area (Å²) in [4.78, 5) is 47.9. The van der Waals surface area contributed by atoms with Crippen LogP contribution in [-0.2, 0) is 19.2 Å². The van der Waals surface area contributed by atoms with Gasteiger partial charge in [-0.3, -0.25) is 30.0 Å². The molecule has 0 saturated carbocycles. The zero-order valence-corrected chi connectivity index (χ0v) is 18.4. The average Bonchev–Trinajstić information content (AvgIpc) is 3.25. The van der Waals surface area contributed by atoms with Gasteiger partial charge >= 0.3 is 0 Å². The third-order valence-corrected chi connectivity index (χ3v) is 5.00. The van der Waals surface area contributed by atoms with Crippen molar-refractivity contribution in [3.63, 3.8) is 0 Å². The van der Waals surface area contributed by atoms with Crippen LogP contribution in [0.25, 0.3) is 0 Å². The van der Waals surface area contributed by atoms with Gasteiger partial charge in [0.2, 0.25) is 11.8 Å². The molecule has 1 saturated heterocycles. The summed E-state index contributed by atoms with van der Waals surface area (Å²) in [6.07, 6.45) is 1.35. The van der Waals surface area contributed by atoms with E-state index in [1.807, 2.05) is 44.2 Å². The maximum absolute atomic E-state index is 13.1. The zero-order chi connectivity index (χ0) is 23.4. The van der Waals surface area contributed by atoms with E-state index < -0.39 is 18.1 Å². The normalized spacial score (nSPS) is 17.1. The fourth-order valence-corrected chi connectivity index (χ4v) is 3.14. The van der Waals surface area contributed by atoms with Gasteiger partial charge in [-0.1, -0.05) is 32.0 Å². The van der Waals surface area contributed by atoms with Gasteiger partial charge < -0.3 is 20.6 Å². The molecular formula is C21H33N5O5. The Hall–Kier alpha value is -3.14. The lowest BCUT2D eigenvalue weighted by molar-refractivity contribution is -0.142. The zero-order valence-electron chi connectivity index (χ0n) is 18.4. The summed E-state index contributed by atoms with van der Waals surface area (Å²) in [6, 6.07) is 7.67. The number of benzene rings is 1. The van der Waals surface area contributed by atoms with Crippen LogP contribution < -0.4 is 21.5 Å². The molecule has 0 radical (unpaired) electrons. The molecule has 1 heterocycles. The Kier molecular flexibility index (Phi) is 11.0. The number of para-hydroxylation sites is 1. The molecule has 172 valence electrons. The first-order valence-electron chi connectivity index (χ1n) is 10.2. The fraction of sp³-hybridized carbons (Fsp3) is 0.524. The lowest BCUT2D eigenvalue weighted by Gasteiger charge is -2.31. The van der Waals surface area contributed by atoms with E-state index in [9.17, 15) is 14.4 Å². The van der Waals surface area contributed by atoms with Gasteiger partial charge in [-0.2, -0.15) is 0 Å². The SMILES string of the molecule is CN[C@@H](C)C(=O)N[C@H](C(=O)N1CCC[C@H]1C(=O)NNc1ccccc1)C(C)C.O=CO. The molecule has 0 aromatic heterocycles. The highest BCUT2D eigenvalue weighted by Crippen LogP contribution is 2.20. The predicted molar refractivity (Wildman–Crippen MR) is 117 cm³/mol. The van der Waals surface area contributed by atoms with Crippen LogP contribution in [0.4, 0.5) is 5.69 Å². The molecule has 1 aromatic rings. The van der Waals surface area contributed by atoms with Crippen molar-refractivity contribution < 1.29 is 24.3 Å². The van der Waals surface area contributed by atoms with Crippen LogP contribution in [0.3, 0.4) is 0 Å². The molecular weight excluding hydrogens is 402 g/mol. The average molecular weight is 436 g/mol. The number of likely N-dealkylation sites (tertiary alicyclic amines) is 1. The number of carbonyl (C=O) groups excluding carboxylic acids is 3. The van der Waals surface area contributed by atoms with Crippen molar-refractivity contribution in [1.82, 2.24) is 21.0 Å². The van der Waals surface area contributed by atoms with Crippen LogP contribution in [0.1, 0.15) is 33.6 Å². The number of carboxylic acid groups (broad SMARTS) is 1. The molecule has 10 nitrogen and oxygen atoms in total. The van der Waals surface area contributed by atoms with Crippen molar-refractivity contribution in [1.29, 1.82) is 0 Å². The molecule has 2 rings (SSSR count). The summed E-state index contributed by atoms with van der Waals surface area (Å²) < 4.78 is 0. The highest BCUT2D eigenvalue weighted by atomic mass is 16.3. The maximum atomic E-state index is 13.1. The summed E-state index contributed by atoms with van der Waals surface area (Å²) in [7, 11) is 1.69. The number of rotatable bonds is 8. The van der Waals surface area contributed by atoms with Crippen molar-refractivity contribution in [2.45, 2.75) is 51.7 Å². The Morgan fingerprint density at radius 3 is 2.32 bits per heavy atom. The van der Waals surface area contributed by atoms with E-state index in [0.717, 1.165) is 12.1 Å². The number of hydrogen-bond acceptors (Lipinski definition) is 6. The lowest BCUT2D eigenvalue weighted by Crippen LogP contribution is -2.57. The Morgan fingerprint density at radius 1 is 1.16 bits per heavy atom. The minimum Gasteiger partial charge on any atom is -0.483 e. The standard InChI is InChI=1S/C20H31N5O3.CH2O2/c1-13(2)17(22-18(26)14(3)21-4)20(28)25-12-8-11-16(25)19(27)24-23-15-9-6-5-7-10-15;2-1-3/h5-7,9-10,13-14,16-17,21,23H,8,11-12H2,1-4H3,(H,22,26)(H,24,27);1H,(H,2,3)/t14-,16-,17-;/m0./s1. The molecule has 1 aliphatic heterocycles.